The zero-order chi connectivity index (χ0) is 21.1. The Morgan fingerprint density at radius 1 is 1.24 bits per heavy atom. The number of hydrogen-bond acceptors (Lipinski definition) is 6. The SMILES string of the molecule is C#CCCC1(CCNC(=O)[C@H](C)N[C@@H](CCc2ccccc2)C(=O)OCC)N=N1. The molecule has 7 nitrogen and oxygen atoms in total. The van der Waals surface area contributed by atoms with E-state index >= 15 is 0 Å². The van der Waals surface area contributed by atoms with Crippen LogP contribution < -0.4 is 10.6 Å². The van der Waals surface area contributed by atoms with Gasteiger partial charge in [0.15, 0.2) is 5.66 Å². The van der Waals surface area contributed by atoms with Crippen LogP contribution in [0.25, 0.3) is 0 Å². The van der Waals surface area contributed by atoms with Crippen molar-refractivity contribution in [2.45, 2.75) is 63.7 Å². The largest absolute Gasteiger partial charge is 0.465 e. The van der Waals surface area contributed by atoms with E-state index < -0.39 is 17.7 Å². The molecule has 1 aliphatic heterocycles. The monoisotopic (exact) mass is 398 g/mol. The zero-order valence-corrected chi connectivity index (χ0v) is 17.2. The number of carbonyl (C=O) groups excluding carboxylic acids is 2. The van der Waals surface area contributed by atoms with Gasteiger partial charge in [-0.15, -0.1) is 12.3 Å². The average Bonchev–Trinajstić information content (AvgIpc) is 3.50. The number of carbonyl (C=O) groups is 2. The molecule has 1 aromatic carbocycles. The summed E-state index contributed by atoms with van der Waals surface area (Å²) in [5.74, 6) is 2.07. The fraction of sp³-hybridized carbons (Fsp3) is 0.545. The van der Waals surface area contributed by atoms with Crippen LogP contribution in [0.5, 0.6) is 0 Å². The first-order valence-electron chi connectivity index (χ1n) is 10.1. The second-order valence-electron chi connectivity index (χ2n) is 7.14. The van der Waals surface area contributed by atoms with Crippen molar-refractivity contribution in [3.8, 4) is 12.3 Å². The van der Waals surface area contributed by atoms with Crippen LogP contribution in [0.2, 0.25) is 0 Å². The van der Waals surface area contributed by atoms with Crippen molar-refractivity contribution in [2.75, 3.05) is 13.2 Å². The van der Waals surface area contributed by atoms with Crippen LogP contribution in [-0.2, 0) is 20.7 Å². The van der Waals surface area contributed by atoms with E-state index in [4.69, 9.17) is 11.2 Å². The second-order valence-corrected chi connectivity index (χ2v) is 7.14. The maximum Gasteiger partial charge on any atom is 0.323 e. The molecular weight excluding hydrogens is 368 g/mol. The predicted octanol–water partition coefficient (Wildman–Crippen LogP) is 2.61. The molecule has 0 spiro atoms. The van der Waals surface area contributed by atoms with Crippen LogP contribution in [0, 0.1) is 12.3 Å². The molecule has 0 bridgehead atoms. The number of esters is 1. The van der Waals surface area contributed by atoms with E-state index in [0.29, 0.717) is 45.3 Å². The lowest BCUT2D eigenvalue weighted by molar-refractivity contribution is -0.146. The third kappa shape index (κ3) is 7.66. The van der Waals surface area contributed by atoms with E-state index in [0.717, 1.165) is 5.56 Å². The van der Waals surface area contributed by atoms with Crippen LogP contribution in [0.4, 0.5) is 0 Å². The Morgan fingerprint density at radius 2 is 1.97 bits per heavy atom. The molecule has 0 saturated carbocycles. The van der Waals surface area contributed by atoms with Crippen molar-refractivity contribution in [1.82, 2.24) is 10.6 Å². The normalized spacial score (nSPS) is 15.8. The summed E-state index contributed by atoms with van der Waals surface area (Å²) in [6.45, 7) is 4.27. The van der Waals surface area contributed by atoms with Gasteiger partial charge in [0.2, 0.25) is 5.91 Å². The maximum absolute atomic E-state index is 12.4. The number of ether oxygens (including phenoxy) is 1. The van der Waals surface area contributed by atoms with Crippen molar-refractivity contribution in [3.63, 3.8) is 0 Å². The summed E-state index contributed by atoms with van der Waals surface area (Å²) in [5, 5.41) is 14.1. The van der Waals surface area contributed by atoms with Gasteiger partial charge in [-0.3, -0.25) is 14.9 Å². The van der Waals surface area contributed by atoms with E-state index in [1.54, 1.807) is 13.8 Å². The third-order valence-corrected chi connectivity index (χ3v) is 4.86. The van der Waals surface area contributed by atoms with Gasteiger partial charge in [-0.05, 0) is 32.3 Å². The smallest absolute Gasteiger partial charge is 0.323 e. The Morgan fingerprint density at radius 3 is 2.59 bits per heavy atom. The van der Waals surface area contributed by atoms with Gasteiger partial charge in [-0.25, -0.2) is 0 Å². The fourth-order valence-electron chi connectivity index (χ4n) is 3.05. The summed E-state index contributed by atoms with van der Waals surface area (Å²) in [6.07, 6.45) is 8.49. The molecule has 1 amide bonds. The van der Waals surface area contributed by atoms with Gasteiger partial charge in [0.25, 0.3) is 0 Å². The highest BCUT2D eigenvalue weighted by Gasteiger charge is 2.38. The van der Waals surface area contributed by atoms with Crippen molar-refractivity contribution in [2.24, 2.45) is 10.2 Å². The van der Waals surface area contributed by atoms with E-state index in [2.05, 4.69) is 26.8 Å². The molecule has 156 valence electrons. The topological polar surface area (TPSA) is 92.2 Å². The third-order valence-electron chi connectivity index (χ3n) is 4.86. The molecule has 1 heterocycles. The van der Waals surface area contributed by atoms with Crippen molar-refractivity contribution >= 4 is 11.9 Å². The quantitative estimate of drug-likeness (QED) is 0.395. The van der Waals surface area contributed by atoms with Crippen LogP contribution >= 0.6 is 0 Å². The van der Waals surface area contributed by atoms with Gasteiger partial charge in [0, 0.05) is 25.8 Å². The molecule has 29 heavy (non-hydrogen) atoms. The molecule has 1 aromatic rings. The van der Waals surface area contributed by atoms with Gasteiger partial charge in [-0.1, -0.05) is 30.3 Å². The predicted molar refractivity (Wildman–Crippen MR) is 111 cm³/mol. The lowest BCUT2D eigenvalue weighted by Crippen LogP contribution is -2.50. The summed E-state index contributed by atoms with van der Waals surface area (Å²) in [7, 11) is 0. The van der Waals surface area contributed by atoms with E-state index in [1.165, 1.54) is 0 Å². The molecule has 2 N–H and O–H groups in total. The molecule has 0 aliphatic carbocycles. The van der Waals surface area contributed by atoms with Gasteiger partial charge in [0.1, 0.15) is 6.04 Å². The number of aryl methyl sites for hydroxylation is 1. The first kappa shape index (κ1) is 22.6. The number of nitrogens with zero attached hydrogens (tertiary/aromatic N) is 2. The lowest BCUT2D eigenvalue weighted by atomic mass is 10.0. The van der Waals surface area contributed by atoms with Gasteiger partial charge < -0.3 is 10.1 Å². The van der Waals surface area contributed by atoms with E-state index in [-0.39, 0.29) is 11.9 Å². The van der Waals surface area contributed by atoms with E-state index in [1.807, 2.05) is 30.3 Å². The molecule has 0 fully saturated rings. The second kappa shape index (κ2) is 11.3. The summed E-state index contributed by atoms with van der Waals surface area (Å²) in [5.41, 5.74) is 0.717. The van der Waals surface area contributed by atoms with Crippen LogP contribution in [0.15, 0.2) is 40.6 Å². The Labute approximate surface area is 172 Å². The van der Waals surface area contributed by atoms with Crippen molar-refractivity contribution in [1.29, 1.82) is 0 Å². The molecular formula is C22H30N4O3. The van der Waals surface area contributed by atoms with Crippen LogP contribution in [0.3, 0.4) is 0 Å². The summed E-state index contributed by atoms with van der Waals surface area (Å²) >= 11 is 0. The highest BCUT2D eigenvalue weighted by Crippen LogP contribution is 2.35. The number of amides is 1. The van der Waals surface area contributed by atoms with Gasteiger partial charge in [0.05, 0.1) is 12.6 Å². The Bertz CT molecular complexity index is 736. The Balaban J connectivity index is 1.80. The molecule has 7 heteroatoms. The average molecular weight is 399 g/mol. The number of hydrogen-bond donors (Lipinski definition) is 2. The number of rotatable bonds is 13. The van der Waals surface area contributed by atoms with Crippen molar-refractivity contribution < 1.29 is 14.3 Å². The first-order chi connectivity index (χ1) is 14.0. The summed E-state index contributed by atoms with van der Waals surface area (Å²) < 4.78 is 5.17. The zero-order valence-electron chi connectivity index (χ0n) is 17.2. The summed E-state index contributed by atoms with van der Waals surface area (Å²) in [6, 6.07) is 8.84. The molecule has 1 aliphatic rings. The number of nitrogens with one attached hydrogen (secondary N) is 2. The molecule has 2 atom stereocenters. The highest BCUT2D eigenvalue weighted by atomic mass is 16.5. The van der Waals surface area contributed by atoms with Gasteiger partial charge >= 0.3 is 5.97 Å². The summed E-state index contributed by atoms with van der Waals surface area (Å²) in [4.78, 5) is 24.8. The minimum absolute atomic E-state index is 0.174. The maximum atomic E-state index is 12.4. The molecule has 0 unspecified atom stereocenters. The lowest BCUT2D eigenvalue weighted by Gasteiger charge is -2.22. The van der Waals surface area contributed by atoms with Gasteiger partial charge in [-0.2, -0.15) is 10.2 Å². The minimum Gasteiger partial charge on any atom is -0.465 e. The first-order valence-corrected chi connectivity index (χ1v) is 10.1. The van der Waals surface area contributed by atoms with Crippen LogP contribution in [-0.4, -0.2) is 42.8 Å². The van der Waals surface area contributed by atoms with Crippen molar-refractivity contribution in [3.05, 3.63) is 35.9 Å². The molecule has 0 aromatic heterocycles. The standard InChI is InChI=1S/C22H30N4O3/c1-4-6-14-22(25-26-22)15-16-23-20(27)17(3)24-19(21(28)29-5-2)13-12-18-10-8-7-9-11-18/h1,7-11,17,19,24H,5-6,12-16H2,2-3H3,(H,23,27)/t17-,19-/m0/s1. The number of benzene rings is 1. The number of terminal acetylenes is 1. The Hall–Kier alpha value is -2.72. The Kier molecular flexibility index (Phi) is 8.81. The molecule has 2 rings (SSSR count). The molecule has 0 radical (unpaired) electrons. The minimum atomic E-state index is -0.550. The molecule has 0 saturated heterocycles. The van der Waals surface area contributed by atoms with Crippen LogP contribution in [0.1, 0.15) is 45.1 Å². The highest BCUT2D eigenvalue weighted by molar-refractivity contribution is 5.83. The van der Waals surface area contributed by atoms with E-state index in [9.17, 15) is 9.59 Å². The fourth-order valence-corrected chi connectivity index (χ4v) is 3.05.